The fraction of sp³-hybridized carbons (Fsp3) is 0.250. The van der Waals surface area contributed by atoms with Crippen molar-refractivity contribution in [1.82, 2.24) is 15.0 Å². The normalized spacial score (nSPS) is 14.9. The van der Waals surface area contributed by atoms with Crippen LogP contribution in [-0.2, 0) is 0 Å². The van der Waals surface area contributed by atoms with Crippen LogP contribution >= 0.6 is 11.6 Å². The van der Waals surface area contributed by atoms with Gasteiger partial charge in [0.15, 0.2) is 5.65 Å². The molecular formula is C24H22ClN3O. The Morgan fingerprint density at radius 1 is 0.828 bits per heavy atom. The second-order valence-electron chi connectivity index (χ2n) is 7.55. The molecule has 0 unspecified atom stereocenters. The van der Waals surface area contributed by atoms with Gasteiger partial charge in [-0.1, -0.05) is 72.6 Å². The molecule has 0 atom stereocenters. The Labute approximate surface area is 174 Å². The van der Waals surface area contributed by atoms with E-state index in [0.29, 0.717) is 16.7 Å². The number of H-pyrrole nitrogens is 1. The minimum atomic E-state index is 0.241. The lowest BCUT2D eigenvalue weighted by atomic mass is 9.98. The molecule has 0 bridgehead atoms. The highest BCUT2D eigenvalue weighted by atomic mass is 35.5. The monoisotopic (exact) mass is 403 g/mol. The van der Waals surface area contributed by atoms with Crippen molar-refractivity contribution >= 4 is 22.8 Å². The Morgan fingerprint density at radius 3 is 2.28 bits per heavy atom. The fourth-order valence-electron chi connectivity index (χ4n) is 3.95. The van der Waals surface area contributed by atoms with Gasteiger partial charge in [-0.05, 0) is 42.9 Å². The van der Waals surface area contributed by atoms with Crippen molar-refractivity contribution in [1.29, 1.82) is 0 Å². The lowest BCUT2D eigenvalue weighted by Gasteiger charge is -2.21. The second-order valence-corrected chi connectivity index (χ2v) is 7.96. The number of nitrogens with zero attached hydrogens (tertiary/aromatic N) is 2. The van der Waals surface area contributed by atoms with Crippen molar-refractivity contribution in [2.45, 2.75) is 38.2 Å². The number of imidazole rings is 1. The lowest BCUT2D eigenvalue weighted by molar-refractivity contribution is 0.143. The number of pyridine rings is 1. The third-order valence-corrected chi connectivity index (χ3v) is 5.79. The highest BCUT2D eigenvalue weighted by Crippen LogP contribution is 2.31. The van der Waals surface area contributed by atoms with Gasteiger partial charge < -0.3 is 9.72 Å². The van der Waals surface area contributed by atoms with Crippen LogP contribution in [0.1, 0.15) is 32.1 Å². The number of nitrogens with one attached hydrogen (secondary N) is 1. The van der Waals surface area contributed by atoms with Crippen molar-refractivity contribution < 1.29 is 4.74 Å². The molecule has 1 aliphatic carbocycles. The van der Waals surface area contributed by atoms with Crippen LogP contribution in [0.4, 0.5) is 0 Å². The van der Waals surface area contributed by atoms with Crippen molar-refractivity contribution in [2.24, 2.45) is 0 Å². The van der Waals surface area contributed by atoms with Gasteiger partial charge in [-0.3, -0.25) is 0 Å². The minimum Gasteiger partial charge on any atom is -0.461 e. The summed E-state index contributed by atoms with van der Waals surface area (Å²) in [6.45, 7) is 0. The van der Waals surface area contributed by atoms with Gasteiger partial charge in [0, 0.05) is 5.56 Å². The number of hydrogen-bond acceptors (Lipinski definition) is 3. The summed E-state index contributed by atoms with van der Waals surface area (Å²) in [7, 11) is 0. The van der Waals surface area contributed by atoms with E-state index >= 15 is 0 Å². The molecule has 0 amide bonds. The van der Waals surface area contributed by atoms with E-state index in [4.69, 9.17) is 21.3 Å². The maximum Gasteiger partial charge on any atom is 0.296 e. The predicted octanol–water partition coefficient (Wildman–Crippen LogP) is 6.66. The lowest BCUT2D eigenvalue weighted by Crippen LogP contribution is -2.20. The van der Waals surface area contributed by atoms with Gasteiger partial charge in [0.05, 0.1) is 16.2 Å². The van der Waals surface area contributed by atoms with E-state index in [-0.39, 0.29) is 6.10 Å². The van der Waals surface area contributed by atoms with Crippen LogP contribution in [0, 0.1) is 0 Å². The molecule has 2 aromatic heterocycles. The van der Waals surface area contributed by atoms with Gasteiger partial charge in [0.2, 0.25) is 0 Å². The van der Waals surface area contributed by atoms with Crippen LogP contribution in [-0.4, -0.2) is 21.1 Å². The molecule has 4 nitrogen and oxygen atoms in total. The molecule has 1 N–H and O–H groups in total. The highest BCUT2D eigenvalue weighted by molar-refractivity contribution is 6.33. The molecule has 2 aromatic carbocycles. The molecule has 1 saturated carbocycles. The molecule has 5 heteroatoms. The standard InChI is InChI=1S/C24H22ClN3O/c25-20-15-21-23(28-24(26-21)29-19-9-5-2-6-10-19)27-22(20)18-13-11-17(12-14-18)16-7-3-1-4-8-16/h1,3-4,7-8,11-15,19H,2,5-6,9-10H2,(H,26,27,28). The summed E-state index contributed by atoms with van der Waals surface area (Å²) in [6, 6.07) is 21.0. The number of ether oxygens (including phenoxy) is 1. The highest BCUT2D eigenvalue weighted by Gasteiger charge is 2.18. The molecule has 1 aliphatic rings. The maximum atomic E-state index is 6.54. The smallest absolute Gasteiger partial charge is 0.296 e. The van der Waals surface area contributed by atoms with E-state index in [9.17, 15) is 0 Å². The largest absolute Gasteiger partial charge is 0.461 e. The first-order valence-electron chi connectivity index (χ1n) is 10.1. The molecule has 0 aliphatic heterocycles. The third-order valence-electron chi connectivity index (χ3n) is 5.50. The number of aromatic nitrogens is 3. The number of rotatable bonds is 4. The Bertz CT molecular complexity index is 1120. The third kappa shape index (κ3) is 3.85. The zero-order valence-electron chi connectivity index (χ0n) is 16.1. The zero-order chi connectivity index (χ0) is 19.6. The van der Waals surface area contributed by atoms with E-state index < -0.39 is 0 Å². The summed E-state index contributed by atoms with van der Waals surface area (Å²) in [5.41, 5.74) is 5.47. The molecule has 5 rings (SSSR count). The van der Waals surface area contributed by atoms with Gasteiger partial charge in [0.25, 0.3) is 6.01 Å². The van der Waals surface area contributed by atoms with Gasteiger partial charge in [-0.25, -0.2) is 4.98 Å². The zero-order valence-corrected chi connectivity index (χ0v) is 16.8. The molecular weight excluding hydrogens is 382 g/mol. The number of hydrogen-bond donors (Lipinski definition) is 1. The van der Waals surface area contributed by atoms with Gasteiger partial charge in [0.1, 0.15) is 6.10 Å². The topological polar surface area (TPSA) is 50.8 Å². The van der Waals surface area contributed by atoms with E-state index in [1.807, 2.05) is 24.3 Å². The summed E-state index contributed by atoms with van der Waals surface area (Å²) in [4.78, 5) is 12.5. The number of benzene rings is 2. The van der Waals surface area contributed by atoms with Crippen LogP contribution in [0.2, 0.25) is 5.02 Å². The molecule has 1 fully saturated rings. The van der Waals surface area contributed by atoms with Gasteiger partial charge in [-0.15, -0.1) is 0 Å². The molecule has 29 heavy (non-hydrogen) atoms. The van der Waals surface area contributed by atoms with E-state index in [1.54, 1.807) is 0 Å². The van der Waals surface area contributed by atoms with Crippen LogP contribution in [0.25, 0.3) is 33.5 Å². The van der Waals surface area contributed by atoms with E-state index in [0.717, 1.165) is 35.2 Å². The molecule has 146 valence electrons. The second kappa shape index (κ2) is 7.88. The molecule has 0 spiro atoms. The average Bonchev–Trinajstić information content (AvgIpc) is 3.15. The molecule has 0 radical (unpaired) electrons. The Kier molecular flexibility index (Phi) is 4.94. The van der Waals surface area contributed by atoms with Crippen molar-refractivity contribution in [3.63, 3.8) is 0 Å². The number of aromatic amines is 1. The van der Waals surface area contributed by atoms with Crippen LogP contribution in [0.5, 0.6) is 6.01 Å². The van der Waals surface area contributed by atoms with Crippen molar-refractivity contribution in [2.75, 3.05) is 0 Å². The molecule has 2 heterocycles. The first kappa shape index (κ1) is 18.2. The first-order valence-corrected chi connectivity index (χ1v) is 10.5. The van der Waals surface area contributed by atoms with Gasteiger partial charge in [-0.2, -0.15) is 4.98 Å². The van der Waals surface area contributed by atoms with Crippen LogP contribution in [0.15, 0.2) is 60.7 Å². The molecule has 4 aromatic rings. The first-order chi connectivity index (χ1) is 14.3. The summed E-state index contributed by atoms with van der Waals surface area (Å²) in [6.07, 6.45) is 6.15. The van der Waals surface area contributed by atoms with Gasteiger partial charge >= 0.3 is 0 Å². The number of fused-ring (bicyclic) bond motifs is 1. The summed E-state index contributed by atoms with van der Waals surface area (Å²) in [5.74, 6) is 0. The van der Waals surface area contributed by atoms with Crippen molar-refractivity contribution in [3.05, 3.63) is 65.7 Å². The Balaban J connectivity index is 1.43. The van der Waals surface area contributed by atoms with Crippen molar-refractivity contribution in [3.8, 4) is 28.4 Å². The summed E-state index contributed by atoms with van der Waals surface area (Å²) >= 11 is 6.54. The maximum absolute atomic E-state index is 6.54. The van der Waals surface area contributed by atoms with E-state index in [1.165, 1.54) is 24.8 Å². The Morgan fingerprint density at radius 2 is 1.52 bits per heavy atom. The molecule has 0 saturated heterocycles. The van der Waals surface area contributed by atoms with E-state index in [2.05, 4.69) is 46.4 Å². The SMILES string of the molecule is Clc1cc2[nH]c(OC3CCCCC3)nc2nc1-c1ccc(-c2ccccc2)cc1. The predicted molar refractivity (Wildman–Crippen MR) is 117 cm³/mol. The average molecular weight is 404 g/mol. The minimum absolute atomic E-state index is 0.241. The summed E-state index contributed by atoms with van der Waals surface area (Å²) in [5, 5.41) is 0.595. The van der Waals surface area contributed by atoms with Crippen LogP contribution in [0.3, 0.4) is 0 Å². The number of halogens is 1. The Hall–Kier alpha value is -2.85. The fourth-order valence-corrected chi connectivity index (χ4v) is 4.21. The quantitative estimate of drug-likeness (QED) is 0.414. The summed E-state index contributed by atoms with van der Waals surface area (Å²) < 4.78 is 6.04. The van der Waals surface area contributed by atoms with Crippen LogP contribution < -0.4 is 4.74 Å².